The smallest absolute Gasteiger partial charge is 0.224 e. The van der Waals surface area contributed by atoms with E-state index in [0.717, 1.165) is 45.3 Å². The van der Waals surface area contributed by atoms with E-state index in [4.69, 9.17) is 12.2 Å². The number of anilines is 2. The van der Waals surface area contributed by atoms with Gasteiger partial charge in [-0.05, 0) is 92.6 Å². The summed E-state index contributed by atoms with van der Waals surface area (Å²) in [6, 6.07) is 18.0. The number of aromatic nitrogens is 3. The Morgan fingerprint density at radius 3 is 2.57 bits per heavy atom. The molecule has 3 aromatic heterocycles. The first-order valence-corrected chi connectivity index (χ1v) is 12.8. The van der Waals surface area contributed by atoms with Gasteiger partial charge in [-0.2, -0.15) is 0 Å². The number of amides is 1. The van der Waals surface area contributed by atoms with Crippen molar-refractivity contribution in [1.82, 2.24) is 19.9 Å². The Kier molecular flexibility index (Phi) is 6.76. The Balaban J connectivity index is 1.63. The van der Waals surface area contributed by atoms with Gasteiger partial charge in [-0.3, -0.25) is 14.8 Å². The molecular weight excluding hydrogens is 480 g/mol. The summed E-state index contributed by atoms with van der Waals surface area (Å²) in [5, 5.41) is 7.16. The maximum Gasteiger partial charge on any atom is 0.224 e. The molecule has 2 atom stereocenters. The SMILES string of the molecule is CCC(=O)Nc1ccc(N2C(=S)N[C@@H](c3ccccn3)[C@@H]2c2cc(C)n(-c3cccnc3)c2C)cc1C. The van der Waals surface area contributed by atoms with Crippen molar-refractivity contribution in [2.75, 3.05) is 10.2 Å². The molecule has 37 heavy (non-hydrogen) atoms. The molecule has 0 saturated carbocycles. The molecule has 0 unspecified atom stereocenters. The zero-order chi connectivity index (χ0) is 26.1. The van der Waals surface area contributed by atoms with Gasteiger partial charge in [0.05, 0.1) is 29.7 Å². The number of benzene rings is 1. The summed E-state index contributed by atoms with van der Waals surface area (Å²) >= 11 is 5.92. The predicted octanol–water partition coefficient (Wildman–Crippen LogP) is 5.72. The molecule has 188 valence electrons. The van der Waals surface area contributed by atoms with Crippen LogP contribution in [-0.4, -0.2) is 25.6 Å². The first-order chi connectivity index (χ1) is 17.9. The number of carbonyl (C=O) groups is 1. The number of nitrogens with one attached hydrogen (secondary N) is 2. The lowest BCUT2D eigenvalue weighted by molar-refractivity contribution is -0.115. The van der Waals surface area contributed by atoms with E-state index in [1.807, 2.05) is 62.6 Å². The van der Waals surface area contributed by atoms with E-state index in [9.17, 15) is 4.79 Å². The van der Waals surface area contributed by atoms with Gasteiger partial charge in [0.25, 0.3) is 0 Å². The molecule has 7 nitrogen and oxygen atoms in total. The van der Waals surface area contributed by atoms with Crippen molar-refractivity contribution in [3.05, 3.63) is 101 Å². The van der Waals surface area contributed by atoms with Crippen molar-refractivity contribution in [3.8, 4) is 5.69 Å². The van der Waals surface area contributed by atoms with E-state index in [1.54, 1.807) is 6.20 Å². The quantitative estimate of drug-likeness (QED) is 0.323. The van der Waals surface area contributed by atoms with Gasteiger partial charge < -0.3 is 20.1 Å². The number of pyridine rings is 2. The fourth-order valence-corrected chi connectivity index (χ4v) is 5.44. The van der Waals surface area contributed by atoms with E-state index in [-0.39, 0.29) is 18.0 Å². The number of rotatable bonds is 6. The van der Waals surface area contributed by atoms with Crippen molar-refractivity contribution < 1.29 is 4.79 Å². The molecule has 0 bridgehead atoms. The van der Waals surface area contributed by atoms with Gasteiger partial charge in [-0.1, -0.05) is 13.0 Å². The fourth-order valence-electron chi connectivity index (χ4n) is 5.10. The van der Waals surface area contributed by atoms with Crippen LogP contribution in [0.4, 0.5) is 11.4 Å². The van der Waals surface area contributed by atoms with E-state index < -0.39 is 0 Å². The van der Waals surface area contributed by atoms with Crippen LogP contribution in [-0.2, 0) is 4.79 Å². The number of hydrogen-bond acceptors (Lipinski definition) is 4. The maximum atomic E-state index is 12.0. The van der Waals surface area contributed by atoms with Gasteiger partial charge in [0.1, 0.15) is 0 Å². The first kappa shape index (κ1) is 24.6. The van der Waals surface area contributed by atoms with Gasteiger partial charge >= 0.3 is 0 Å². The summed E-state index contributed by atoms with van der Waals surface area (Å²) < 4.78 is 2.23. The molecule has 1 aliphatic rings. The molecule has 1 amide bonds. The van der Waals surface area contributed by atoms with Crippen molar-refractivity contribution in [2.45, 2.75) is 46.2 Å². The number of hydrogen-bond donors (Lipinski definition) is 2. The lowest BCUT2D eigenvalue weighted by Crippen LogP contribution is -2.29. The van der Waals surface area contributed by atoms with Gasteiger partial charge in [0.15, 0.2) is 5.11 Å². The van der Waals surface area contributed by atoms with Crippen LogP contribution in [0.15, 0.2) is 73.2 Å². The van der Waals surface area contributed by atoms with E-state index in [1.165, 1.54) is 0 Å². The highest BCUT2D eigenvalue weighted by Gasteiger charge is 2.42. The summed E-state index contributed by atoms with van der Waals surface area (Å²) in [4.78, 5) is 23.2. The third-order valence-corrected chi connectivity index (χ3v) is 7.19. The van der Waals surface area contributed by atoms with Crippen molar-refractivity contribution >= 4 is 34.6 Å². The minimum atomic E-state index is -0.142. The molecule has 0 radical (unpaired) electrons. The second-order valence-corrected chi connectivity index (χ2v) is 9.66. The molecule has 8 heteroatoms. The lowest BCUT2D eigenvalue weighted by atomic mass is 9.96. The standard InChI is InChI=1S/C29H30N6OS/c1-5-26(36)32-24-12-11-21(15-18(24)2)35-28(27(33-29(35)37)25-10-6-7-14-31-25)23-16-19(3)34(20(23)4)22-9-8-13-30-17-22/h6-17,27-28H,5H2,1-4H3,(H,32,36)(H,33,37)/t27-,28-/m0/s1. The third kappa shape index (κ3) is 4.60. The Morgan fingerprint density at radius 2 is 1.89 bits per heavy atom. The van der Waals surface area contributed by atoms with Gasteiger partial charge in [-0.25, -0.2) is 0 Å². The Bertz CT molecular complexity index is 1450. The number of nitrogens with zero attached hydrogens (tertiary/aromatic N) is 4. The number of thiocarbonyl (C=S) groups is 1. The van der Waals surface area contributed by atoms with E-state index >= 15 is 0 Å². The normalized spacial score (nSPS) is 17.1. The third-order valence-electron chi connectivity index (χ3n) is 6.87. The van der Waals surface area contributed by atoms with E-state index in [0.29, 0.717) is 11.5 Å². The van der Waals surface area contributed by atoms with Crippen LogP contribution in [0, 0.1) is 20.8 Å². The second-order valence-electron chi connectivity index (χ2n) is 9.27. The van der Waals surface area contributed by atoms with Gasteiger partial charge in [0, 0.05) is 41.6 Å². The molecule has 4 aromatic rings. The molecule has 4 heterocycles. The van der Waals surface area contributed by atoms with Crippen molar-refractivity contribution in [3.63, 3.8) is 0 Å². The average Bonchev–Trinajstić information content (AvgIpc) is 3.41. The maximum absolute atomic E-state index is 12.0. The van der Waals surface area contributed by atoms with Crippen LogP contribution in [0.1, 0.15) is 53.6 Å². The molecule has 1 fully saturated rings. The van der Waals surface area contributed by atoms with Crippen molar-refractivity contribution in [1.29, 1.82) is 0 Å². The molecule has 2 N–H and O–H groups in total. The Labute approximate surface area is 222 Å². The second kappa shape index (κ2) is 10.1. The van der Waals surface area contributed by atoms with Gasteiger partial charge in [0.2, 0.25) is 5.91 Å². The minimum absolute atomic E-state index is 0.00913. The van der Waals surface area contributed by atoms with Crippen LogP contribution in [0.5, 0.6) is 0 Å². The van der Waals surface area contributed by atoms with Crippen molar-refractivity contribution in [2.24, 2.45) is 0 Å². The highest BCUT2D eigenvalue weighted by molar-refractivity contribution is 7.80. The van der Waals surface area contributed by atoms with E-state index in [2.05, 4.69) is 62.1 Å². The molecule has 1 aromatic carbocycles. The fraction of sp³-hybridized carbons (Fsp3) is 0.241. The molecule has 0 aliphatic carbocycles. The Morgan fingerprint density at radius 1 is 1.05 bits per heavy atom. The summed E-state index contributed by atoms with van der Waals surface area (Å²) in [5.41, 5.74) is 8.08. The minimum Gasteiger partial charge on any atom is -0.351 e. The first-order valence-electron chi connectivity index (χ1n) is 12.4. The van der Waals surface area contributed by atoms with Crippen LogP contribution in [0.3, 0.4) is 0 Å². The van der Waals surface area contributed by atoms with Crippen LogP contribution in [0.2, 0.25) is 0 Å². The summed E-state index contributed by atoms with van der Waals surface area (Å²) in [6.07, 6.45) is 5.91. The molecule has 1 aliphatic heterocycles. The summed E-state index contributed by atoms with van der Waals surface area (Å²) in [5.74, 6) is -0.00913. The topological polar surface area (TPSA) is 75.1 Å². The highest BCUT2D eigenvalue weighted by atomic mass is 32.1. The summed E-state index contributed by atoms with van der Waals surface area (Å²) in [7, 11) is 0. The zero-order valence-corrected chi connectivity index (χ0v) is 22.2. The molecular formula is C29H30N6OS. The lowest BCUT2D eigenvalue weighted by Gasteiger charge is -2.29. The van der Waals surface area contributed by atoms with Gasteiger partial charge in [-0.15, -0.1) is 0 Å². The molecule has 5 rings (SSSR count). The summed E-state index contributed by atoms with van der Waals surface area (Å²) in [6.45, 7) is 8.09. The zero-order valence-electron chi connectivity index (χ0n) is 21.4. The highest BCUT2D eigenvalue weighted by Crippen LogP contribution is 2.44. The van der Waals surface area contributed by atoms with Crippen LogP contribution >= 0.6 is 12.2 Å². The Hall–Kier alpha value is -4.04. The number of aryl methyl sites for hydroxylation is 2. The largest absolute Gasteiger partial charge is 0.351 e. The monoisotopic (exact) mass is 510 g/mol. The predicted molar refractivity (Wildman–Crippen MR) is 151 cm³/mol. The number of carbonyl (C=O) groups excluding carboxylic acids is 1. The van der Waals surface area contributed by atoms with Crippen LogP contribution < -0.4 is 15.5 Å². The molecule has 0 spiro atoms. The molecule has 1 saturated heterocycles. The van der Waals surface area contributed by atoms with Crippen LogP contribution in [0.25, 0.3) is 5.69 Å². The average molecular weight is 511 g/mol.